The van der Waals surface area contributed by atoms with E-state index in [0.29, 0.717) is 0 Å². The Morgan fingerprint density at radius 3 is 1.83 bits per heavy atom. The van der Waals surface area contributed by atoms with Crippen LogP contribution in [0.4, 0.5) is 0 Å². The van der Waals surface area contributed by atoms with E-state index in [4.69, 9.17) is 4.42 Å². The molecule has 0 radical (unpaired) electrons. The number of hydrogen-bond acceptors (Lipinski definition) is 1. The Kier molecular flexibility index (Phi) is 5.27. The summed E-state index contributed by atoms with van der Waals surface area (Å²) in [4.78, 5) is 0. The molecule has 9 aromatic rings. The second-order valence-electron chi connectivity index (χ2n) is 12.4. The van der Waals surface area contributed by atoms with Crippen molar-refractivity contribution in [2.24, 2.45) is 0 Å². The average Bonchev–Trinajstić information content (AvgIpc) is 3.66. The second kappa shape index (κ2) is 9.54. The van der Waals surface area contributed by atoms with Crippen LogP contribution in [0.3, 0.4) is 0 Å². The molecule has 8 aromatic carbocycles. The highest BCUT2D eigenvalue weighted by atomic mass is 16.3. The SMILES string of the molecule is c1ccc(C2(c3ccccc3)c3ccccc3-c3ccc4cc(-c5ccc6c(c5)oc5c7ccccc7ccc65)ccc4c32)cc1. The summed E-state index contributed by atoms with van der Waals surface area (Å²) < 4.78 is 6.54. The minimum Gasteiger partial charge on any atom is -0.455 e. The lowest BCUT2D eigenvalue weighted by Crippen LogP contribution is -2.28. The highest BCUT2D eigenvalue weighted by Crippen LogP contribution is 2.58. The Morgan fingerprint density at radius 2 is 1.02 bits per heavy atom. The van der Waals surface area contributed by atoms with Gasteiger partial charge < -0.3 is 4.42 Å². The van der Waals surface area contributed by atoms with Crippen LogP contribution in [0, 0.1) is 0 Å². The molecule has 0 saturated carbocycles. The predicted octanol–water partition coefficient (Wildman–Crippen LogP) is 11.9. The summed E-state index contributed by atoms with van der Waals surface area (Å²) in [5.74, 6) is 0. The Balaban J connectivity index is 1.20. The lowest BCUT2D eigenvalue weighted by atomic mass is 9.66. The Hall–Kier alpha value is -5.92. The van der Waals surface area contributed by atoms with E-state index < -0.39 is 5.41 Å². The third kappa shape index (κ3) is 3.40. The maximum absolute atomic E-state index is 6.54. The van der Waals surface area contributed by atoms with Gasteiger partial charge in [-0.2, -0.15) is 0 Å². The zero-order valence-corrected chi connectivity index (χ0v) is 25.1. The van der Waals surface area contributed by atoms with Crippen LogP contribution in [0.2, 0.25) is 0 Å². The van der Waals surface area contributed by atoms with Gasteiger partial charge in [0.25, 0.3) is 0 Å². The van der Waals surface area contributed by atoms with Crippen molar-refractivity contribution in [1.82, 2.24) is 0 Å². The molecule has 10 rings (SSSR count). The van der Waals surface area contributed by atoms with Gasteiger partial charge in [-0.1, -0.05) is 146 Å². The topological polar surface area (TPSA) is 13.1 Å². The van der Waals surface area contributed by atoms with Gasteiger partial charge in [-0.3, -0.25) is 0 Å². The molecule has 0 amide bonds. The van der Waals surface area contributed by atoms with Crippen LogP contribution in [0.5, 0.6) is 0 Å². The molecule has 214 valence electrons. The summed E-state index contributed by atoms with van der Waals surface area (Å²) in [5, 5.41) is 7.17. The molecule has 0 bridgehead atoms. The van der Waals surface area contributed by atoms with E-state index >= 15 is 0 Å². The van der Waals surface area contributed by atoms with Crippen LogP contribution in [-0.2, 0) is 5.41 Å². The Bertz CT molecular complexity index is 2590. The van der Waals surface area contributed by atoms with Crippen molar-refractivity contribution >= 4 is 43.5 Å². The maximum Gasteiger partial charge on any atom is 0.143 e. The van der Waals surface area contributed by atoms with Crippen LogP contribution in [0.25, 0.3) is 65.7 Å². The molecule has 0 saturated heterocycles. The molecule has 0 spiro atoms. The molecule has 0 atom stereocenters. The summed E-state index contributed by atoms with van der Waals surface area (Å²) >= 11 is 0. The molecule has 1 aliphatic rings. The molecule has 1 heterocycles. The summed E-state index contributed by atoms with van der Waals surface area (Å²) in [5.41, 5.74) is 11.6. The highest BCUT2D eigenvalue weighted by molar-refractivity contribution is 6.15. The molecule has 1 aromatic heterocycles. The monoisotopic (exact) mass is 584 g/mol. The average molecular weight is 585 g/mol. The number of fused-ring (bicyclic) bond motifs is 10. The van der Waals surface area contributed by atoms with Crippen molar-refractivity contribution < 1.29 is 4.42 Å². The van der Waals surface area contributed by atoms with E-state index in [1.807, 2.05) is 0 Å². The zero-order valence-electron chi connectivity index (χ0n) is 25.1. The fraction of sp³-hybridized carbons (Fsp3) is 0.0222. The molecule has 1 nitrogen and oxygen atoms in total. The van der Waals surface area contributed by atoms with Crippen molar-refractivity contribution in [2.45, 2.75) is 5.41 Å². The van der Waals surface area contributed by atoms with Gasteiger partial charge >= 0.3 is 0 Å². The first-order valence-electron chi connectivity index (χ1n) is 15.9. The van der Waals surface area contributed by atoms with E-state index in [1.165, 1.54) is 55.1 Å². The van der Waals surface area contributed by atoms with Crippen molar-refractivity contribution in [1.29, 1.82) is 0 Å². The first-order chi connectivity index (χ1) is 22.8. The van der Waals surface area contributed by atoms with Gasteiger partial charge in [0, 0.05) is 16.2 Å². The minimum atomic E-state index is -0.425. The fourth-order valence-electron chi connectivity index (χ4n) is 8.14. The third-order valence-electron chi connectivity index (χ3n) is 10.1. The largest absolute Gasteiger partial charge is 0.455 e. The van der Waals surface area contributed by atoms with Crippen LogP contribution in [-0.4, -0.2) is 0 Å². The molecule has 0 N–H and O–H groups in total. The fourth-order valence-corrected chi connectivity index (χ4v) is 8.14. The first-order valence-corrected chi connectivity index (χ1v) is 15.9. The van der Waals surface area contributed by atoms with E-state index in [0.717, 1.165) is 32.9 Å². The molecule has 0 unspecified atom stereocenters. The van der Waals surface area contributed by atoms with E-state index in [9.17, 15) is 0 Å². The summed E-state index contributed by atoms with van der Waals surface area (Å²) in [6.07, 6.45) is 0. The van der Waals surface area contributed by atoms with Crippen LogP contribution < -0.4 is 0 Å². The lowest BCUT2D eigenvalue weighted by Gasteiger charge is -2.34. The van der Waals surface area contributed by atoms with Crippen molar-refractivity contribution in [3.63, 3.8) is 0 Å². The van der Waals surface area contributed by atoms with Gasteiger partial charge in [0.05, 0.1) is 5.41 Å². The van der Waals surface area contributed by atoms with Gasteiger partial charge in [0.1, 0.15) is 11.2 Å². The van der Waals surface area contributed by atoms with Crippen molar-refractivity contribution in [2.75, 3.05) is 0 Å². The van der Waals surface area contributed by atoms with E-state index in [2.05, 4.69) is 170 Å². The molecule has 0 fully saturated rings. The second-order valence-corrected chi connectivity index (χ2v) is 12.4. The Morgan fingerprint density at radius 1 is 0.391 bits per heavy atom. The van der Waals surface area contributed by atoms with Gasteiger partial charge in [-0.05, 0) is 84.9 Å². The normalized spacial score (nSPS) is 13.4. The number of rotatable bonds is 3. The molecule has 1 aliphatic carbocycles. The summed E-state index contributed by atoms with van der Waals surface area (Å²) in [7, 11) is 0. The number of hydrogen-bond donors (Lipinski definition) is 0. The molecule has 1 heteroatoms. The highest BCUT2D eigenvalue weighted by Gasteiger charge is 2.46. The number of benzene rings is 8. The molecule has 0 aliphatic heterocycles. The first kappa shape index (κ1) is 25.4. The maximum atomic E-state index is 6.54. The van der Waals surface area contributed by atoms with Gasteiger partial charge in [0.2, 0.25) is 0 Å². The minimum absolute atomic E-state index is 0.425. The van der Waals surface area contributed by atoms with E-state index in [1.54, 1.807) is 0 Å². The standard InChI is InChI=1S/C45H28O/c1-3-12-33(13-4-1)45(34-14-5-2-6-15-34)41-18-10-9-17-37(41)39-25-22-32-27-30(20-23-35(32)43(39)45)31-21-24-38-40-26-19-29-11-7-8-16-36(29)44(40)46-42(38)28-31/h1-28H. The predicted molar refractivity (Wildman–Crippen MR) is 191 cm³/mol. The quantitative estimate of drug-likeness (QED) is 0.201. The Labute approximate surface area is 267 Å². The van der Waals surface area contributed by atoms with Gasteiger partial charge in [0.15, 0.2) is 0 Å². The molecule has 46 heavy (non-hydrogen) atoms. The van der Waals surface area contributed by atoms with Gasteiger partial charge in [-0.25, -0.2) is 0 Å². The molecular weight excluding hydrogens is 556 g/mol. The van der Waals surface area contributed by atoms with Crippen molar-refractivity contribution in [3.05, 3.63) is 192 Å². The van der Waals surface area contributed by atoms with Gasteiger partial charge in [-0.15, -0.1) is 0 Å². The smallest absolute Gasteiger partial charge is 0.143 e. The van der Waals surface area contributed by atoms with Crippen molar-refractivity contribution in [3.8, 4) is 22.3 Å². The zero-order chi connectivity index (χ0) is 30.2. The van der Waals surface area contributed by atoms with Crippen LogP contribution in [0.15, 0.2) is 174 Å². The number of furan rings is 1. The molecular formula is C45H28O. The van der Waals surface area contributed by atoms with Crippen LogP contribution in [0.1, 0.15) is 22.3 Å². The summed E-state index contributed by atoms with van der Waals surface area (Å²) in [6, 6.07) is 62.1. The van der Waals surface area contributed by atoms with E-state index in [-0.39, 0.29) is 0 Å². The lowest BCUT2D eigenvalue weighted by molar-refractivity contribution is 0.673. The summed E-state index contributed by atoms with van der Waals surface area (Å²) in [6.45, 7) is 0. The van der Waals surface area contributed by atoms with Crippen LogP contribution >= 0.6 is 0 Å². The third-order valence-corrected chi connectivity index (χ3v) is 10.1.